The normalized spacial score (nSPS) is 9.83. The van der Waals surface area contributed by atoms with E-state index in [1.165, 1.54) is 0 Å². The van der Waals surface area contributed by atoms with Crippen LogP contribution >= 0.6 is 0 Å². The van der Waals surface area contributed by atoms with Crippen molar-refractivity contribution in [1.82, 2.24) is 9.78 Å². The number of aryl methyl sites for hydroxylation is 1. The molecule has 0 bridgehead atoms. The Morgan fingerprint density at radius 2 is 2.50 bits per heavy atom. The van der Waals surface area contributed by atoms with E-state index in [0.29, 0.717) is 0 Å². The molecule has 5 nitrogen and oxygen atoms in total. The zero-order chi connectivity index (χ0) is 9.14. The summed E-state index contributed by atoms with van der Waals surface area (Å²) in [6.07, 6.45) is 3.39. The van der Waals surface area contributed by atoms with Crippen molar-refractivity contribution in [3.05, 3.63) is 12.4 Å². The summed E-state index contributed by atoms with van der Waals surface area (Å²) in [6.45, 7) is -0.00824. The van der Waals surface area contributed by atoms with Gasteiger partial charge in [0.25, 0.3) is 0 Å². The number of aromatic nitrogens is 2. The molecule has 66 valence electrons. The summed E-state index contributed by atoms with van der Waals surface area (Å²) < 4.78 is 1.63. The molecule has 0 radical (unpaired) electrons. The van der Waals surface area contributed by atoms with Crippen molar-refractivity contribution in [2.45, 2.75) is 0 Å². The maximum absolute atomic E-state index is 10.3. The number of hydrogen-bond donors (Lipinski definition) is 1. The Hall–Kier alpha value is -1.52. The summed E-state index contributed by atoms with van der Waals surface area (Å²) in [5, 5.41) is 12.4. The molecular formula is C7H11N3O2. The minimum Gasteiger partial charge on any atom is -0.480 e. The van der Waals surface area contributed by atoms with Crippen molar-refractivity contribution in [2.24, 2.45) is 7.05 Å². The van der Waals surface area contributed by atoms with Crippen LogP contribution in [0.3, 0.4) is 0 Å². The van der Waals surface area contributed by atoms with Crippen molar-refractivity contribution in [1.29, 1.82) is 0 Å². The van der Waals surface area contributed by atoms with E-state index in [1.807, 2.05) is 0 Å². The van der Waals surface area contributed by atoms with Crippen LogP contribution in [0.5, 0.6) is 0 Å². The predicted octanol–water partition coefficient (Wildman–Crippen LogP) is -0.0591. The SMILES string of the molecule is CN(CC(=O)O)c1cnn(C)c1. The lowest BCUT2D eigenvalue weighted by Gasteiger charge is -2.12. The van der Waals surface area contributed by atoms with E-state index in [-0.39, 0.29) is 6.54 Å². The highest BCUT2D eigenvalue weighted by atomic mass is 16.4. The van der Waals surface area contributed by atoms with E-state index in [0.717, 1.165) is 5.69 Å². The first-order chi connectivity index (χ1) is 5.59. The van der Waals surface area contributed by atoms with Crippen LogP contribution in [-0.4, -0.2) is 34.4 Å². The summed E-state index contributed by atoms with van der Waals surface area (Å²) in [5.41, 5.74) is 0.805. The minimum atomic E-state index is -0.846. The van der Waals surface area contributed by atoms with E-state index in [9.17, 15) is 4.79 Å². The van der Waals surface area contributed by atoms with Gasteiger partial charge in [-0.15, -0.1) is 0 Å². The summed E-state index contributed by atoms with van der Waals surface area (Å²) in [6, 6.07) is 0. The van der Waals surface area contributed by atoms with E-state index in [1.54, 1.807) is 36.1 Å². The van der Waals surface area contributed by atoms with Gasteiger partial charge in [0, 0.05) is 20.3 Å². The number of hydrogen-bond acceptors (Lipinski definition) is 3. The molecule has 0 unspecified atom stereocenters. The van der Waals surface area contributed by atoms with Gasteiger partial charge in [0.05, 0.1) is 11.9 Å². The molecule has 0 aliphatic carbocycles. The van der Waals surface area contributed by atoms with E-state index >= 15 is 0 Å². The Bertz CT molecular complexity index is 282. The lowest BCUT2D eigenvalue weighted by Crippen LogP contribution is -2.24. The lowest BCUT2D eigenvalue weighted by atomic mass is 10.4. The van der Waals surface area contributed by atoms with Crippen LogP contribution in [-0.2, 0) is 11.8 Å². The Kier molecular flexibility index (Phi) is 2.32. The van der Waals surface area contributed by atoms with Gasteiger partial charge in [-0.05, 0) is 0 Å². The fraction of sp³-hybridized carbons (Fsp3) is 0.429. The molecule has 0 amide bonds. The maximum atomic E-state index is 10.3. The number of aliphatic carboxylic acids is 1. The van der Waals surface area contributed by atoms with Crippen molar-refractivity contribution in [3.63, 3.8) is 0 Å². The molecule has 1 rings (SSSR count). The predicted molar refractivity (Wildman–Crippen MR) is 44.1 cm³/mol. The molecule has 5 heteroatoms. The van der Waals surface area contributed by atoms with Gasteiger partial charge in [-0.25, -0.2) is 0 Å². The van der Waals surface area contributed by atoms with Crippen LogP contribution in [0, 0.1) is 0 Å². The largest absolute Gasteiger partial charge is 0.480 e. The fourth-order valence-corrected chi connectivity index (χ4v) is 0.900. The van der Waals surface area contributed by atoms with Gasteiger partial charge in [0.2, 0.25) is 0 Å². The number of carbonyl (C=O) groups is 1. The van der Waals surface area contributed by atoms with Crippen molar-refractivity contribution >= 4 is 11.7 Å². The first-order valence-electron chi connectivity index (χ1n) is 3.51. The fourth-order valence-electron chi connectivity index (χ4n) is 0.900. The first kappa shape index (κ1) is 8.58. The molecule has 0 fully saturated rings. The van der Waals surface area contributed by atoms with Gasteiger partial charge in [-0.2, -0.15) is 5.10 Å². The number of carboxylic acid groups (broad SMARTS) is 1. The Morgan fingerprint density at radius 1 is 1.83 bits per heavy atom. The number of anilines is 1. The average molecular weight is 169 g/mol. The number of likely N-dealkylation sites (N-methyl/N-ethyl adjacent to an activating group) is 1. The second-order valence-electron chi connectivity index (χ2n) is 2.62. The molecule has 1 aromatic rings. The monoisotopic (exact) mass is 169 g/mol. The summed E-state index contributed by atoms with van der Waals surface area (Å²) >= 11 is 0. The van der Waals surface area contributed by atoms with Gasteiger partial charge in [-0.1, -0.05) is 0 Å². The van der Waals surface area contributed by atoms with Gasteiger partial charge in [-0.3, -0.25) is 9.48 Å². The summed E-state index contributed by atoms with van der Waals surface area (Å²) in [5.74, 6) is -0.846. The highest BCUT2D eigenvalue weighted by molar-refractivity contribution is 5.73. The molecule has 1 heterocycles. The molecule has 1 N–H and O–H groups in total. The topological polar surface area (TPSA) is 58.4 Å². The second-order valence-corrected chi connectivity index (χ2v) is 2.62. The molecule has 1 aromatic heterocycles. The van der Waals surface area contributed by atoms with Crippen LogP contribution in [0.1, 0.15) is 0 Å². The highest BCUT2D eigenvalue weighted by Crippen LogP contribution is 2.08. The second kappa shape index (κ2) is 3.25. The molecular weight excluding hydrogens is 158 g/mol. The third-order valence-corrected chi connectivity index (χ3v) is 1.50. The third kappa shape index (κ3) is 1.98. The molecule has 12 heavy (non-hydrogen) atoms. The Labute approximate surface area is 70.2 Å². The average Bonchev–Trinajstić information content (AvgIpc) is 2.34. The molecule has 0 spiro atoms. The van der Waals surface area contributed by atoms with Gasteiger partial charge in [0.1, 0.15) is 6.54 Å². The van der Waals surface area contributed by atoms with Gasteiger partial charge < -0.3 is 10.0 Å². The zero-order valence-corrected chi connectivity index (χ0v) is 7.06. The van der Waals surface area contributed by atoms with Gasteiger partial charge >= 0.3 is 5.97 Å². The van der Waals surface area contributed by atoms with Crippen LogP contribution in [0.4, 0.5) is 5.69 Å². The number of carboxylic acids is 1. The molecule has 0 saturated heterocycles. The molecule has 0 aliphatic rings. The van der Waals surface area contributed by atoms with Crippen LogP contribution < -0.4 is 4.90 Å². The van der Waals surface area contributed by atoms with E-state index in [4.69, 9.17) is 5.11 Å². The maximum Gasteiger partial charge on any atom is 0.323 e. The van der Waals surface area contributed by atoms with Crippen LogP contribution in [0.25, 0.3) is 0 Å². The molecule has 0 aromatic carbocycles. The lowest BCUT2D eigenvalue weighted by molar-refractivity contribution is -0.135. The number of nitrogens with zero attached hydrogens (tertiary/aromatic N) is 3. The Morgan fingerprint density at radius 3 is 2.92 bits per heavy atom. The quantitative estimate of drug-likeness (QED) is 0.688. The van der Waals surface area contributed by atoms with Crippen molar-refractivity contribution < 1.29 is 9.90 Å². The van der Waals surface area contributed by atoms with Crippen LogP contribution in [0.2, 0.25) is 0 Å². The summed E-state index contributed by atoms with van der Waals surface area (Å²) in [7, 11) is 3.50. The first-order valence-corrected chi connectivity index (χ1v) is 3.51. The van der Waals surface area contributed by atoms with Crippen molar-refractivity contribution in [3.8, 4) is 0 Å². The molecule has 0 atom stereocenters. The number of rotatable bonds is 3. The third-order valence-electron chi connectivity index (χ3n) is 1.50. The zero-order valence-electron chi connectivity index (χ0n) is 7.06. The molecule has 0 aliphatic heterocycles. The van der Waals surface area contributed by atoms with Crippen LogP contribution in [0.15, 0.2) is 12.4 Å². The van der Waals surface area contributed by atoms with Crippen molar-refractivity contribution in [2.75, 3.05) is 18.5 Å². The standard InChI is InChI=1S/C7H11N3O2/c1-9(5-7(11)12)6-3-8-10(2)4-6/h3-4H,5H2,1-2H3,(H,11,12). The smallest absolute Gasteiger partial charge is 0.323 e. The molecule has 0 saturated carbocycles. The van der Waals surface area contributed by atoms with E-state index in [2.05, 4.69) is 5.10 Å². The minimum absolute atomic E-state index is 0.00824. The Balaban J connectivity index is 2.64. The highest BCUT2D eigenvalue weighted by Gasteiger charge is 2.06. The van der Waals surface area contributed by atoms with E-state index < -0.39 is 5.97 Å². The van der Waals surface area contributed by atoms with Gasteiger partial charge in [0.15, 0.2) is 0 Å². The summed E-state index contributed by atoms with van der Waals surface area (Å²) in [4.78, 5) is 11.9.